The van der Waals surface area contributed by atoms with Crippen LogP contribution in [0.5, 0.6) is 0 Å². The Labute approximate surface area is 161 Å². The van der Waals surface area contributed by atoms with Crippen LogP contribution in [0, 0.1) is 5.41 Å². The van der Waals surface area contributed by atoms with Crippen molar-refractivity contribution in [3.8, 4) is 0 Å². The third-order valence-electron chi connectivity index (χ3n) is 7.66. The molecule has 1 unspecified atom stereocenters. The fraction of sp³-hybridized carbons (Fsp3) is 1.00. The monoisotopic (exact) mass is 363 g/mol. The average molecular weight is 364 g/mol. The summed E-state index contributed by atoms with van der Waals surface area (Å²) in [6.07, 6.45) is 10.2. The average Bonchev–Trinajstić information content (AvgIpc) is 3.08. The first-order valence-electron chi connectivity index (χ1n) is 11.3. The standard InChI is InChI=1S/C21H41N5/c1-3-9-24-14-7-21(8-15-24)16-20(22-17-21)25-12-5-19(6-13-25)26-11-4-10-23(2)18-26/h19-20,22H,3-18H2,1-2H3. The van der Waals surface area contributed by atoms with Crippen molar-refractivity contribution in [1.82, 2.24) is 24.9 Å². The lowest BCUT2D eigenvalue weighted by molar-refractivity contribution is 0.0230. The van der Waals surface area contributed by atoms with Crippen LogP contribution < -0.4 is 5.32 Å². The van der Waals surface area contributed by atoms with Gasteiger partial charge >= 0.3 is 0 Å². The quantitative estimate of drug-likeness (QED) is 0.822. The molecule has 4 rings (SSSR count). The predicted octanol–water partition coefficient (Wildman–Crippen LogP) is 1.86. The van der Waals surface area contributed by atoms with Crippen LogP contribution in [0.4, 0.5) is 0 Å². The Morgan fingerprint density at radius 1 is 0.962 bits per heavy atom. The molecule has 0 amide bonds. The number of hydrogen-bond donors (Lipinski definition) is 1. The van der Waals surface area contributed by atoms with Crippen LogP contribution in [-0.4, -0.2) is 97.9 Å². The fourth-order valence-electron chi connectivity index (χ4n) is 5.95. The molecule has 1 atom stereocenters. The maximum absolute atomic E-state index is 3.92. The van der Waals surface area contributed by atoms with Crippen molar-refractivity contribution in [3.63, 3.8) is 0 Å². The van der Waals surface area contributed by atoms with Crippen LogP contribution in [0.3, 0.4) is 0 Å². The third kappa shape index (κ3) is 4.27. The molecule has 26 heavy (non-hydrogen) atoms. The molecule has 0 aliphatic carbocycles. The molecule has 4 saturated heterocycles. The number of hydrogen-bond acceptors (Lipinski definition) is 5. The summed E-state index contributed by atoms with van der Waals surface area (Å²) in [5.74, 6) is 0. The van der Waals surface area contributed by atoms with E-state index < -0.39 is 0 Å². The van der Waals surface area contributed by atoms with Crippen LogP contribution >= 0.6 is 0 Å². The van der Waals surface area contributed by atoms with Crippen LogP contribution in [0.2, 0.25) is 0 Å². The van der Waals surface area contributed by atoms with Gasteiger partial charge in [0, 0.05) is 38.8 Å². The normalized spacial score (nSPS) is 33.2. The van der Waals surface area contributed by atoms with E-state index in [2.05, 4.69) is 38.9 Å². The highest BCUT2D eigenvalue weighted by Crippen LogP contribution is 2.40. The van der Waals surface area contributed by atoms with Crippen molar-refractivity contribution >= 4 is 0 Å². The van der Waals surface area contributed by atoms with E-state index in [4.69, 9.17) is 0 Å². The molecule has 0 radical (unpaired) electrons. The van der Waals surface area contributed by atoms with Gasteiger partial charge in [0.1, 0.15) is 0 Å². The number of likely N-dealkylation sites (tertiary alicyclic amines) is 2. The van der Waals surface area contributed by atoms with Gasteiger partial charge in [-0.25, -0.2) is 0 Å². The van der Waals surface area contributed by atoms with E-state index in [1.165, 1.54) is 104 Å². The third-order valence-corrected chi connectivity index (χ3v) is 7.66. The van der Waals surface area contributed by atoms with E-state index in [1.54, 1.807) is 0 Å². The second kappa shape index (κ2) is 8.44. The van der Waals surface area contributed by atoms with Gasteiger partial charge in [-0.2, -0.15) is 0 Å². The molecular weight excluding hydrogens is 322 g/mol. The van der Waals surface area contributed by atoms with Gasteiger partial charge in [0.15, 0.2) is 0 Å². The fourth-order valence-corrected chi connectivity index (χ4v) is 5.95. The number of nitrogens with zero attached hydrogens (tertiary/aromatic N) is 4. The van der Waals surface area contributed by atoms with Gasteiger partial charge in [0.05, 0.1) is 12.8 Å². The highest BCUT2D eigenvalue weighted by atomic mass is 15.4. The molecule has 5 nitrogen and oxygen atoms in total. The summed E-state index contributed by atoms with van der Waals surface area (Å²) in [6.45, 7) is 13.9. The second-order valence-electron chi connectivity index (χ2n) is 9.60. The predicted molar refractivity (Wildman–Crippen MR) is 108 cm³/mol. The topological polar surface area (TPSA) is 25.0 Å². The van der Waals surface area contributed by atoms with Gasteiger partial charge in [0.2, 0.25) is 0 Å². The first-order valence-corrected chi connectivity index (χ1v) is 11.3. The van der Waals surface area contributed by atoms with Crippen LogP contribution in [0.15, 0.2) is 0 Å². The molecule has 0 saturated carbocycles. The maximum Gasteiger partial charge on any atom is 0.0603 e. The molecule has 4 heterocycles. The van der Waals surface area contributed by atoms with Crippen molar-refractivity contribution in [2.75, 3.05) is 66.1 Å². The van der Waals surface area contributed by atoms with E-state index in [-0.39, 0.29) is 0 Å². The molecule has 1 spiro atoms. The zero-order chi connectivity index (χ0) is 18.0. The Morgan fingerprint density at radius 3 is 2.42 bits per heavy atom. The van der Waals surface area contributed by atoms with Crippen molar-refractivity contribution < 1.29 is 0 Å². The molecule has 150 valence electrons. The Balaban J connectivity index is 1.23. The zero-order valence-electron chi connectivity index (χ0n) is 17.3. The minimum absolute atomic E-state index is 0.599. The molecule has 4 aliphatic heterocycles. The van der Waals surface area contributed by atoms with Crippen molar-refractivity contribution in [2.24, 2.45) is 5.41 Å². The Hall–Kier alpha value is -0.200. The van der Waals surface area contributed by atoms with Crippen molar-refractivity contribution in [1.29, 1.82) is 0 Å². The molecular formula is C21H41N5. The molecule has 0 aromatic heterocycles. The summed E-state index contributed by atoms with van der Waals surface area (Å²) >= 11 is 0. The van der Waals surface area contributed by atoms with E-state index >= 15 is 0 Å². The van der Waals surface area contributed by atoms with Gasteiger partial charge in [-0.1, -0.05) is 6.92 Å². The molecule has 0 bridgehead atoms. The number of piperidine rings is 2. The summed E-state index contributed by atoms with van der Waals surface area (Å²) < 4.78 is 0. The summed E-state index contributed by atoms with van der Waals surface area (Å²) in [7, 11) is 2.27. The highest BCUT2D eigenvalue weighted by Gasteiger charge is 2.43. The maximum atomic E-state index is 3.92. The van der Waals surface area contributed by atoms with Gasteiger partial charge in [-0.3, -0.25) is 14.7 Å². The summed E-state index contributed by atoms with van der Waals surface area (Å²) in [4.78, 5) is 10.7. The lowest BCUT2D eigenvalue weighted by Crippen LogP contribution is -2.54. The second-order valence-corrected chi connectivity index (χ2v) is 9.60. The summed E-state index contributed by atoms with van der Waals surface area (Å²) in [5, 5.41) is 3.92. The molecule has 4 aliphatic rings. The van der Waals surface area contributed by atoms with Gasteiger partial charge in [-0.05, 0) is 77.0 Å². The van der Waals surface area contributed by atoms with Crippen molar-refractivity contribution in [3.05, 3.63) is 0 Å². The minimum atomic E-state index is 0.599. The Bertz CT molecular complexity index is 440. The largest absolute Gasteiger partial charge is 0.303 e. The first-order chi connectivity index (χ1) is 12.7. The van der Waals surface area contributed by atoms with E-state index in [0.29, 0.717) is 11.6 Å². The van der Waals surface area contributed by atoms with E-state index in [9.17, 15) is 0 Å². The summed E-state index contributed by atoms with van der Waals surface area (Å²) in [6, 6.07) is 0.821. The van der Waals surface area contributed by atoms with Crippen molar-refractivity contribution in [2.45, 2.75) is 64.1 Å². The molecule has 0 aromatic rings. The van der Waals surface area contributed by atoms with Gasteiger partial charge in [-0.15, -0.1) is 0 Å². The van der Waals surface area contributed by atoms with Crippen LogP contribution in [0.1, 0.15) is 51.9 Å². The smallest absolute Gasteiger partial charge is 0.0603 e. The lowest BCUT2D eigenvalue weighted by Gasteiger charge is -2.44. The van der Waals surface area contributed by atoms with E-state index in [1.807, 2.05) is 0 Å². The number of nitrogens with one attached hydrogen (secondary N) is 1. The minimum Gasteiger partial charge on any atom is -0.303 e. The van der Waals surface area contributed by atoms with Gasteiger partial charge in [0.25, 0.3) is 0 Å². The van der Waals surface area contributed by atoms with Crippen LogP contribution in [-0.2, 0) is 0 Å². The molecule has 4 fully saturated rings. The SMILES string of the molecule is CCCN1CCC2(CC1)CNC(N1CCC(N3CCCN(C)C3)CC1)C2. The molecule has 1 N–H and O–H groups in total. The number of rotatable bonds is 4. The molecule has 0 aromatic carbocycles. The summed E-state index contributed by atoms with van der Waals surface area (Å²) in [5.41, 5.74) is 0.599. The Morgan fingerprint density at radius 2 is 1.73 bits per heavy atom. The first kappa shape index (κ1) is 19.1. The van der Waals surface area contributed by atoms with Crippen LogP contribution in [0.25, 0.3) is 0 Å². The zero-order valence-corrected chi connectivity index (χ0v) is 17.3. The van der Waals surface area contributed by atoms with Gasteiger partial charge < -0.3 is 10.2 Å². The lowest BCUT2D eigenvalue weighted by atomic mass is 9.77. The van der Waals surface area contributed by atoms with E-state index in [0.717, 1.165) is 6.04 Å². The highest BCUT2D eigenvalue weighted by molar-refractivity contribution is 4.97. The Kier molecular flexibility index (Phi) is 6.21. The molecule has 5 heteroatoms.